The van der Waals surface area contributed by atoms with Gasteiger partial charge in [0, 0.05) is 30.6 Å². The zero-order valence-electron chi connectivity index (χ0n) is 18.7. The van der Waals surface area contributed by atoms with Crippen molar-refractivity contribution in [3.8, 4) is 11.5 Å². The van der Waals surface area contributed by atoms with Gasteiger partial charge in [-0.15, -0.1) is 0 Å². The van der Waals surface area contributed by atoms with Crippen LogP contribution < -0.4 is 14.8 Å². The number of carbonyl (C=O) groups is 1. The van der Waals surface area contributed by atoms with Gasteiger partial charge in [0.1, 0.15) is 11.5 Å². The van der Waals surface area contributed by atoms with E-state index >= 15 is 0 Å². The predicted molar refractivity (Wildman–Crippen MR) is 122 cm³/mol. The van der Waals surface area contributed by atoms with E-state index in [-0.39, 0.29) is 18.0 Å². The number of benzene rings is 2. The SMILES string of the molecule is COc1cccc(OC)c1CNC1CCN(C(=O)C2CCCCC2)C1c1ccccc1. The standard InChI is InChI=1S/C26H34N2O3/c1-30-23-14-9-15-24(31-2)21(23)18-27-22-16-17-28(25(22)19-10-5-3-6-11-19)26(29)20-12-7-4-8-13-20/h3,5-6,9-11,14-15,20,22,25,27H,4,7-8,12-13,16-18H2,1-2H3. The summed E-state index contributed by atoms with van der Waals surface area (Å²) in [5.41, 5.74) is 2.21. The van der Waals surface area contributed by atoms with Gasteiger partial charge in [0.05, 0.1) is 20.3 Å². The van der Waals surface area contributed by atoms with Crippen molar-refractivity contribution in [2.45, 2.75) is 57.2 Å². The lowest BCUT2D eigenvalue weighted by Gasteiger charge is -2.33. The van der Waals surface area contributed by atoms with E-state index in [0.29, 0.717) is 12.5 Å². The van der Waals surface area contributed by atoms with Gasteiger partial charge in [-0.1, -0.05) is 55.7 Å². The fraction of sp³-hybridized carbons (Fsp3) is 0.500. The van der Waals surface area contributed by atoms with Gasteiger partial charge in [-0.05, 0) is 37.0 Å². The molecule has 5 heteroatoms. The van der Waals surface area contributed by atoms with Crippen molar-refractivity contribution in [3.63, 3.8) is 0 Å². The summed E-state index contributed by atoms with van der Waals surface area (Å²) in [7, 11) is 3.37. The predicted octanol–water partition coefficient (Wildman–Crippen LogP) is 4.72. The molecule has 1 heterocycles. The Morgan fingerprint density at radius 1 is 0.935 bits per heavy atom. The zero-order chi connectivity index (χ0) is 21.6. The van der Waals surface area contributed by atoms with E-state index < -0.39 is 0 Å². The Morgan fingerprint density at radius 3 is 2.26 bits per heavy atom. The van der Waals surface area contributed by atoms with Gasteiger partial charge < -0.3 is 19.7 Å². The van der Waals surface area contributed by atoms with Crippen molar-refractivity contribution in [2.24, 2.45) is 5.92 Å². The number of methoxy groups -OCH3 is 2. The second-order valence-corrected chi connectivity index (χ2v) is 8.64. The topological polar surface area (TPSA) is 50.8 Å². The minimum absolute atomic E-state index is 0.0522. The van der Waals surface area contributed by atoms with Crippen LogP contribution in [0, 0.1) is 5.92 Å². The molecule has 2 aliphatic rings. The van der Waals surface area contributed by atoms with E-state index in [1.165, 1.54) is 24.8 Å². The third-order valence-electron chi connectivity index (χ3n) is 6.85. The van der Waals surface area contributed by atoms with Crippen LogP contribution in [-0.4, -0.2) is 37.6 Å². The van der Waals surface area contributed by atoms with Gasteiger partial charge in [0.15, 0.2) is 0 Å². The maximum atomic E-state index is 13.5. The zero-order valence-corrected chi connectivity index (χ0v) is 18.7. The van der Waals surface area contributed by atoms with Crippen LogP contribution in [0.2, 0.25) is 0 Å². The van der Waals surface area contributed by atoms with Crippen molar-refractivity contribution >= 4 is 5.91 Å². The van der Waals surface area contributed by atoms with Crippen LogP contribution in [0.25, 0.3) is 0 Å². The molecule has 1 saturated carbocycles. The first kappa shape index (κ1) is 21.7. The fourth-order valence-corrected chi connectivity index (χ4v) is 5.24. The minimum Gasteiger partial charge on any atom is -0.496 e. The molecule has 5 nitrogen and oxygen atoms in total. The molecule has 1 aliphatic heterocycles. The van der Waals surface area contributed by atoms with Gasteiger partial charge in [0.2, 0.25) is 5.91 Å². The van der Waals surface area contributed by atoms with Crippen LogP contribution in [0.15, 0.2) is 48.5 Å². The molecule has 2 unspecified atom stereocenters. The fourth-order valence-electron chi connectivity index (χ4n) is 5.24. The summed E-state index contributed by atoms with van der Waals surface area (Å²) in [6, 6.07) is 16.6. The van der Waals surface area contributed by atoms with E-state index in [0.717, 1.165) is 42.9 Å². The van der Waals surface area contributed by atoms with Crippen LogP contribution in [0.1, 0.15) is 55.7 Å². The number of nitrogens with zero attached hydrogens (tertiary/aromatic N) is 1. The molecule has 0 aromatic heterocycles. The van der Waals surface area contributed by atoms with Gasteiger partial charge >= 0.3 is 0 Å². The van der Waals surface area contributed by atoms with E-state index in [1.807, 2.05) is 24.3 Å². The molecule has 0 bridgehead atoms. The molecule has 166 valence electrons. The van der Waals surface area contributed by atoms with Crippen molar-refractivity contribution in [1.29, 1.82) is 0 Å². The molecule has 2 aromatic rings. The highest BCUT2D eigenvalue weighted by Gasteiger charge is 2.40. The summed E-state index contributed by atoms with van der Waals surface area (Å²) in [5.74, 6) is 2.16. The minimum atomic E-state index is 0.0522. The Labute approximate surface area is 185 Å². The van der Waals surface area contributed by atoms with Crippen molar-refractivity contribution in [3.05, 3.63) is 59.7 Å². The van der Waals surface area contributed by atoms with E-state index in [2.05, 4.69) is 34.5 Å². The molecule has 4 rings (SSSR count). The molecular weight excluding hydrogens is 388 g/mol. The van der Waals surface area contributed by atoms with E-state index in [9.17, 15) is 4.79 Å². The average Bonchev–Trinajstić information content (AvgIpc) is 3.26. The number of likely N-dealkylation sites (tertiary alicyclic amines) is 1. The van der Waals surface area contributed by atoms with E-state index in [1.54, 1.807) is 14.2 Å². The van der Waals surface area contributed by atoms with Crippen molar-refractivity contribution in [2.75, 3.05) is 20.8 Å². The maximum absolute atomic E-state index is 13.5. The highest BCUT2D eigenvalue weighted by Crippen LogP contribution is 2.37. The monoisotopic (exact) mass is 422 g/mol. The van der Waals surface area contributed by atoms with Crippen LogP contribution in [-0.2, 0) is 11.3 Å². The summed E-state index contributed by atoms with van der Waals surface area (Å²) in [6.07, 6.45) is 6.62. The lowest BCUT2D eigenvalue weighted by Crippen LogP contribution is -2.41. The Hall–Kier alpha value is -2.53. The summed E-state index contributed by atoms with van der Waals surface area (Å²) < 4.78 is 11.1. The van der Waals surface area contributed by atoms with Gasteiger partial charge in [-0.2, -0.15) is 0 Å². The first-order chi connectivity index (χ1) is 15.2. The van der Waals surface area contributed by atoms with Crippen molar-refractivity contribution in [1.82, 2.24) is 10.2 Å². The van der Waals surface area contributed by atoms with Crippen LogP contribution in [0.5, 0.6) is 11.5 Å². The lowest BCUT2D eigenvalue weighted by atomic mass is 9.87. The van der Waals surface area contributed by atoms with E-state index in [4.69, 9.17) is 9.47 Å². The Balaban J connectivity index is 1.55. The molecule has 0 spiro atoms. The number of ether oxygens (including phenoxy) is 2. The molecule has 1 aliphatic carbocycles. The molecule has 0 radical (unpaired) electrons. The number of hydrogen-bond acceptors (Lipinski definition) is 4. The van der Waals surface area contributed by atoms with Crippen molar-refractivity contribution < 1.29 is 14.3 Å². The normalized spacial score (nSPS) is 21.8. The first-order valence-electron chi connectivity index (χ1n) is 11.5. The maximum Gasteiger partial charge on any atom is 0.226 e. The molecule has 2 atom stereocenters. The second kappa shape index (κ2) is 10.2. The molecule has 2 fully saturated rings. The molecule has 1 N–H and O–H groups in total. The smallest absolute Gasteiger partial charge is 0.226 e. The highest BCUT2D eigenvalue weighted by molar-refractivity contribution is 5.80. The van der Waals surface area contributed by atoms with Crippen LogP contribution in [0.4, 0.5) is 0 Å². The molecule has 1 amide bonds. The number of nitrogens with one attached hydrogen (secondary N) is 1. The van der Waals surface area contributed by atoms with Crippen LogP contribution in [0.3, 0.4) is 0 Å². The van der Waals surface area contributed by atoms with Gasteiger partial charge in [-0.25, -0.2) is 0 Å². The summed E-state index contributed by atoms with van der Waals surface area (Å²) in [4.78, 5) is 15.6. The Bertz CT molecular complexity index is 842. The summed E-state index contributed by atoms with van der Waals surface area (Å²) in [5, 5.41) is 3.73. The van der Waals surface area contributed by atoms with Crippen LogP contribution >= 0.6 is 0 Å². The second-order valence-electron chi connectivity index (χ2n) is 8.64. The first-order valence-corrected chi connectivity index (χ1v) is 11.5. The lowest BCUT2D eigenvalue weighted by molar-refractivity contribution is -0.137. The highest BCUT2D eigenvalue weighted by atomic mass is 16.5. The molecule has 1 saturated heterocycles. The largest absolute Gasteiger partial charge is 0.496 e. The number of rotatable bonds is 7. The molecule has 31 heavy (non-hydrogen) atoms. The summed E-state index contributed by atoms with van der Waals surface area (Å²) >= 11 is 0. The third-order valence-corrected chi connectivity index (χ3v) is 6.85. The average molecular weight is 423 g/mol. The number of carbonyl (C=O) groups excluding carboxylic acids is 1. The third kappa shape index (κ3) is 4.72. The Kier molecular flexibility index (Phi) is 7.13. The molecule has 2 aromatic carbocycles. The number of hydrogen-bond donors (Lipinski definition) is 1. The Morgan fingerprint density at radius 2 is 1.61 bits per heavy atom. The summed E-state index contributed by atoms with van der Waals surface area (Å²) in [6.45, 7) is 1.43. The quantitative estimate of drug-likeness (QED) is 0.702. The number of amides is 1. The van der Waals surface area contributed by atoms with Gasteiger partial charge in [-0.3, -0.25) is 4.79 Å². The van der Waals surface area contributed by atoms with Gasteiger partial charge in [0.25, 0.3) is 0 Å². The molecular formula is C26H34N2O3.